The van der Waals surface area contributed by atoms with Crippen LogP contribution in [0.25, 0.3) is 0 Å². The Bertz CT molecular complexity index is 590. The lowest BCUT2D eigenvalue weighted by atomic mass is 10.00. The van der Waals surface area contributed by atoms with Gasteiger partial charge in [0.15, 0.2) is 0 Å². The number of benzene rings is 1. The molecule has 0 spiro atoms. The summed E-state index contributed by atoms with van der Waals surface area (Å²) in [5, 5.41) is 0. The molecule has 0 fully saturated rings. The molecule has 0 saturated heterocycles. The van der Waals surface area contributed by atoms with Gasteiger partial charge in [-0.15, -0.1) is 0 Å². The van der Waals surface area contributed by atoms with Crippen LogP contribution in [0.1, 0.15) is 12.8 Å². The molecule has 1 heterocycles. The number of methoxy groups -OCH3 is 1. The molecule has 4 nitrogen and oxygen atoms in total. The molecule has 2 N–H and O–H groups in total. The van der Waals surface area contributed by atoms with Gasteiger partial charge in [-0.2, -0.15) is 0 Å². The van der Waals surface area contributed by atoms with Crippen molar-refractivity contribution in [3.63, 3.8) is 0 Å². The van der Waals surface area contributed by atoms with E-state index in [4.69, 9.17) is 15.2 Å². The predicted octanol–water partition coefficient (Wildman–Crippen LogP) is 3.02. The Hall–Kier alpha value is -2.07. The molecule has 1 aromatic rings. The Morgan fingerprint density at radius 2 is 2.35 bits per heavy atom. The molecule has 0 bridgehead atoms. The van der Waals surface area contributed by atoms with Crippen LogP contribution < -0.4 is 10.5 Å². The van der Waals surface area contributed by atoms with Crippen LogP contribution in [0.4, 0.5) is 11.4 Å². The monoisotopic (exact) mass is 270 g/mol. The van der Waals surface area contributed by atoms with E-state index in [2.05, 4.69) is 23.2 Å². The van der Waals surface area contributed by atoms with Crippen LogP contribution in [0.15, 0.2) is 47.0 Å². The van der Waals surface area contributed by atoms with Gasteiger partial charge in [0.25, 0.3) is 0 Å². The Morgan fingerprint density at radius 1 is 1.45 bits per heavy atom. The number of allylic oxidation sites excluding steroid dienone is 1. The Balaban J connectivity index is 1.67. The van der Waals surface area contributed by atoms with E-state index in [0.717, 1.165) is 24.3 Å². The normalized spacial score (nSPS) is 23.9. The molecule has 0 saturated carbocycles. The molecule has 1 aromatic carbocycles. The van der Waals surface area contributed by atoms with Gasteiger partial charge in [-0.1, -0.05) is 18.2 Å². The molecule has 20 heavy (non-hydrogen) atoms. The van der Waals surface area contributed by atoms with Gasteiger partial charge in [0, 0.05) is 31.5 Å². The lowest BCUT2D eigenvalue weighted by Crippen LogP contribution is -2.22. The lowest BCUT2D eigenvalue weighted by molar-refractivity contribution is 0.142. The van der Waals surface area contributed by atoms with Crippen molar-refractivity contribution in [1.29, 1.82) is 0 Å². The van der Waals surface area contributed by atoms with Crippen LogP contribution in [-0.2, 0) is 4.74 Å². The van der Waals surface area contributed by atoms with Crippen molar-refractivity contribution in [3.05, 3.63) is 42.0 Å². The summed E-state index contributed by atoms with van der Waals surface area (Å²) in [4.78, 5) is 4.43. The summed E-state index contributed by atoms with van der Waals surface area (Å²) in [6.45, 7) is 0. The Labute approximate surface area is 118 Å². The minimum absolute atomic E-state index is 0.0423. The molecule has 3 rings (SSSR count). The summed E-state index contributed by atoms with van der Waals surface area (Å²) < 4.78 is 11.2. The third-order valence-electron chi connectivity index (χ3n) is 3.52. The molecule has 1 aliphatic carbocycles. The van der Waals surface area contributed by atoms with Crippen LogP contribution in [0.3, 0.4) is 0 Å². The number of rotatable bonds is 3. The topological polar surface area (TPSA) is 56.8 Å². The first-order valence-electron chi connectivity index (χ1n) is 6.75. The maximum absolute atomic E-state index is 5.93. The zero-order valence-electron chi connectivity index (χ0n) is 11.5. The second-order valence-corrected chi connectivity index (χ2v) is 5.01. The zero-order valence-corrected chi connectivity index (χ0v) is 11.5. The highest BCUT2D eigenvalue weighted by Gasteiger charge is 2.18. The molecule has 2 aliphatic rings. The van der Waals surface area contributed by atoms with Crippen LogP contribution in [-0.4, -0.2) is 25.5 Å². The molecule has 2 unspecified atom stereocenters. The Kier molecular flexibility index (Phi) is 3.56. The van der Waals surface area contributed by atoms with Gasteiger partial charge in [0.1, 0.15) is 17.5 Å². The summed E-state index contributed by atoms with van der Waals surface area (Å²) in [6, 6.07) is 5.53. The fraction of sp³-hybridized carbons (Fsp3) is 0.312. The third kappa shape index (κ3) is 2.75. The fourth-order valence-electron chi connectivity index (χ4n) is 2.39. The molecule has 2 atom stereocenters. The highest BCUT2D eigenvalue weighted by Crippen LogP contribution is 2.34. The molecular formula is C16H18N2O2. The van der Waals surface area contributed by atoms with E-state index in [9.17, 15) is 0 Å². The molecular weight excluding hydrogens is 252 g/mol. The van der Waals surface area contributed by atoms with E-state index in [-0.39, 0.29) is 12.2 Å². The van der Waals surface area contributed by atoms with E-state index < -0.39 is 0 Å². The number of nitrogen functional groups attached to an aromatic ring is 1. The Morgan fingerprint density at radius 3 is 3.10 bits per heavy atom. The van der Waals surface area contributed by atoms with Gasteiger partial charge < -0.3 is 15.2 Å². The SMILES string of the molecule is COC1C=CC(CC2C=Nc3ccc(N)cc3O2)=CC1. The van der Waals surface area contributed by atoms with E-state index in [1.165, 1.54) is 5.57 Å². The molecule has 0 aromatic heterocycles. The first-order chi connectivity index (χ1) is 9.74. The van der Waals surface area contributed by atoms with E-state index in [0.29, 0.717) is 5.69 Å². The van der Waals surface area contributed by atoms with Gasteiger partial charge in [-0.25, -0.2) is 0 Å². The first kappa shape index (κ1) is 12.9. The highest BCUT2D eigenvalue weighted by molar-refractivity contribution is 5.75. The smallest absolute Gasteiger partial charge is 0.147 e. The third-order valence-corrected chi connectivity index (χ3v) is 3.52. The molecule has 0 amide bonds. The summed E-state index contributed by atoms with van der Waals surface area (Å²) >= 11 is 0. The van der Waals surface area contributed by atoms with Crippen LogP contribution in [0.5, 0.6) is 5.75 Å². The van der Waals surface area contributed by atoms with Crippen molar-refractivity contribution in [2.45, 2.75) is 25.0 Å². The minimum Gasteiger partial charge on any atom is -0.482 e. The number of aliphatic imine (C=N–C) groups is 1. The van der Waals surface area contributed by atoms with Gasteiger partial charge in [-0.05, 0) is 24.1 Å². The van der Waals surface area contributed by atoms with Gasteiger partial charge >= 0.3 is 0 Å². The number of nitrogens with zero attached hydrogens (tertiary/aromatic N) is 1. The number of hydrogen-bond donors (Lipinski definition) is 1. The van der Waals surface area contributed by atoms with Crippen LogP contribution in [0, 0.1) is 0 Å². The zero-order chi connectivity index (χ0) is 13.9. The average molecular weight is 270 g/mol. The minimum atomic E-state index is -0.0423. The standard InChI is InChI=1S/C16H18N2O2/c1-19-13-5-2-11(3-6-13)8-14-10-18-15-7-4-12(17)9-16(15)20-14/h2-5,7,9-10,13-14H,6,8,17H2,1H3. The second kappa shape index (κ2) is 5.51. The van der Waals surface area contributed by atoms with Gasteiger partial charge in [0.2, 0.25) is 0 Å². The average Bonchev–Trinajstić information content (AvgIpc) is 2.47. The highest BCUT2D eigenvalue weighted by atomic mass is 16.5. The molecule has 0 radical (unpaired) electrons. The molecule has 104 valence electrons. The van der Waals surface area contributed by atoms with Crippen molar-refractivity contribution >= 4 is 17.6 Å². The first-order valence-corrected chi connectivity index (χ1v) is 6.75. The van der Waals surface area contributed by atoms with Crippen molar-refractivity contribution in [2.24, 2.45) is 4.99 Å². The summed E-state index contributed by atoms with van der Waals surface area (Å²) in [5.41, 5.74) is 8.56. The number of ether oxygens (including phenoxy) is 2. The fourth-order valence-corrected chi connectivity index (χ4v) is 2.39. The van der Waals surface area contributed by atoms with Crippen molar-refractivity contribution in [2.75, 3.05) is 12.8 Å². The van der Waals surface area contributed by atoms with Gasteiger partial charge in [0.05, 0.1) is 6.10 Å². The van der Waals surface area contributed by atoms with Gasteiger partial charge in [-0.3, -0.25) is 4.99 Å². The second-order valence-electron chi connectivity index (χ2n) is 5.01. The number of hydrogen-bond acceptors (Lipinski definition) is 4. The molecule has 4 heteroatoms. The van der Waals surface area contributed by atoms with E-state index in [1.807, 2.05) is 24.4 Å². The largest absolute Gasteiger partial charge is 0.482 e. The van der Waals surface area contributed by atoms with Crippen molar-refractivity contribution < 1.29 is 9.47 Å². The van der Waals surface area contributed by atoms with Crippen molar-refractivity contribution in [3.8, 4) is 5.75 Å². The summed E-state index contributed by atoms with van der Waals surface area (Å²) in [7, 11) is 1.73. The predicted molar refractivity (Wildman–Crippen MR) is 80.7 cm³/mol. The maximum Gasteiger partial charge on any atom is 0.147 e. The van der Waals surface area contributed by atoms with E-state index >= 15 is 0 Å². The maximum atomic E-state index is 5.93. The summed E-state index contributed by atoms with van der Waals surface area (Å²) in [5.74, 6) is 0.757. The van der Waals surface area contributed by atoms with Crippen molar-refractivity contribution in [1.82, 2.24) is 0 Å². The molecule has 1 aliphatic heterocycles. The summed E-state index contributed by atoms with van der Waals surface area (Å²) in [6.07, 6.45) is 10.1. The van der Waals surface area contributed by atoms with Crippen LogP contribution in [0.2, 0.25) is 0 Å². The lowest BCUT2D eigenvalue weighted by Gasteiger charge is -2.22. The quantitative estimate of drug-likeness (QED) is 0.859. The number of fused-ring (bicyclic) bond motifs is 1. The van der Waals surface area contributed by atoms with E-state index in [1.54, 1.807) is 7.11 Å². The number of nitrogens with two attached hydrogens (primary N) is 1. The number of anilines is 1. The van der Waals surface area contributed by atoms with Crippen LogP contribution >= 0.6 is 0 Å².